The predicted molar refractivity (Wildman–Crippen MR) is 86.8 cm³/mol. The predicted octanol–water partition coefficient (Wildman–Crippen LogP) is 2.66. The molecule has 0 aromatic heterocycles. The van der Waals surface area contributed by atoms with Crippen LogP contribution in [0.25, 0.3) is 0 Å². The number of alkyl halides is 3. The molecule has 2 atom stereocenters. The second kappa shape index (κ2) is 9.25. The zero-order valence-corrected chi connectivity index (χ0v) is 14.2. The van der Waals surface area contributed by atoms with E-state index in [2.05, 4.69) is 10.6 Å². The number of ether oxygens (including phenoxy) is 1. The minimum atomic E-state index is -4.36. The first-order valence-corrected chi connectivity index (χ1v) is 7.63. The minimum absolute atomic E-state index is 0. The van der Waals surface area contributed by atoms with Crippen molar-refractivity contribution in [3.63, 3.8) is 0 Å². The van der Waals surface area contributed by atoms with E-state index in [-0.39, 0.29) is 32.0 Å². The molecule has 1 fully saturated rings. The highest BCUT2D eigenvalue weighted by atomic mass is 35.5. The standard InChI is InChI=1S/C16H21F3N2O2.ClH/c1-2-23-10-12-6-4-3-5-11(12)7-21-15(22)13-8-20-9-14(13)16(17,18)19;/h3-6,13-14,20H,2,7-10H2,1H3,(H,21,22);1H/t13-,14-;/m1./s1. The summed E-state index contributed by atoms with van der Waals surface area (Å²) >= 11 is 0. The lowest BCUT2D eigenvalue weighted by Crippen LogP contribution is -2.40. The number of benzene rings is 1. The van der Waals surface area contributed by atoms with Crippen LogP contribution >= 0.6 is 12.4 Å². The lowest BCUT2D eigenvalue weighted by Gasteiger charge is -2.21. The van der Waals surface area contributed by atoms with Crippen molar-refractivity contribution < 1.29 is 22.7 Å². The van der Waals surface area contributed by atoms with Crippen molar-refractivity contribution in [3.8, 4) is 0 Å². The van der Waals surface area contributed by atoms with E-state index in [0.29, 0.717) is 13.2 Å². The fourth-order valence-corrected chi connectivity index (χ4v) is 2.69. The Morgan fingerprint density at radius 3 is 2.58 bits per heavy atom. The summed E-state index contributed by atoms with van der Waals surface area (Å²) < 4.78 is 44.1. The van der Waals surface area contributed by atoms with Gasteiger partial charge in [-0.15, -0.1) is 12.4 Å². The molecule has 1 aromatic carbocycles. The van der Waals surface area contributed by atoms with E-state index in [1.807, 2.05) is 31.2 Å². The molecule has 0 radical (unpaired) electrons. The molecule has 136 valence electrons. The van der Waals surface area contributed by atoms with E-state index in [1.54, 1.807) is 0 Å². The molecule has 4 nitrogen and oxygen atoms in total. The molecule has 1 aliphatic rings. The molecule has 0 aliphatic carbocycles. The first kappa shape index (κ1) is 20.7. The maximum atomic E-state index is 12.9. The van der Waals surface area contributed by atoms with E-state index < -0.39 is 23.9 Å². The third-order valence-corrected chi connectivity index (χ3v) is 4.00. The van der Waals surface area contributed by atoms with Gasteiger partial charge in [-0.1, -0.05) is 24.3 Å². The molecule has 1 heterocycles. The Bertz CT molecular complexity index is 540. The number of nitrogens with one attached hydrogen (secondary N) is 2. The van der Waals surface area contributed by atoms with Crippen molar-refractivity contribution in [3.05, 3.63) is 35.4 Å². The highest BCUT2D eigenvalue weighted by Gasteiger charge is 2.49. The third-order valence-electron chi connectivity index (χ3n) is 4.00. The summed E-state index contributed by atoms with van der Waals surface area (Å²) in [6, 6.07) is 7.41. The van der Waals surface area contributed by atoms with E-state index >= 15 is 0 Å². The maximum Gasteiger partial charge on any atom is 0.393 e. The van der Waals surface area contributed by atoms with Gasteiger partial charge in [-0.3, -0.25) is 4.79 Å². The number of carbonyl (C=O) groups is 1. The van der Waals surface area contributed by atoms with Crippen LogP contribution in [0.4, 0.5) is 13.2 Å². The molecule has 0 saturated carbocycles. The van der Waals surface area contributed by atoms with Crippen LogP contribution in [0.2, 0.25) is 0 Å². The van der Waals surface area contributed by atoms with E-state index in [4.69, 9.17) is 4.74 Å². The van der Waals surface area contributed by atoms with Crippen LogP contribution in [0.15, 0.2) is 24.3 Å². The highest BCUT2D eigenvalue weighted by molar-refractivity contribution is 5.85. The number of amides is 1. The van der Waals surface area contributed by atoms with Crippen molar-refractivity contribution in [1.29, 1.82) is 0 Å². The summed E-state index contributed by atoms with van der Waals surface area (Å²) in [5.41, 5.74) is 1.77. The smallest absolute Gasteiger partial charge is 0.377 e. The lowest BCUT2D eigenvalue weighted by atomic mass is 9.94. The zero-order chi connectivity index (χ0) is 16.9. The van der Waals surface area contributed by atoms with Gasteiger partial charge < -0.3 is 15.4 Å². The average Bonchev–Trinajstić information content (AvgIpc) is 3.01. The molecule has 1 aromatic rings. The first-order valence-electron chi connectivity index (χ1n) is 7.63. The van der Waals surface area contributed by atoms with Gasteiger partial charge in [-0.25, -0.2) is 0 Å². The lowest BCUT2D eigenvalue weighted by molar-refractivity contribution is -0.182. The van der Waals surface area contributed by atoms with Gasteiger partial charge in [0.15, 0.2) is 0 Å². The Hall–Kier alpha value is -1.31. The Morgan fingerprint density at radius 1 is 1.29 bits per heavy atom. The highest BCUT2D eigenvalue weighted by Crippen LogP contribution is 2.34. The molecule has 1 aliphatic heterocycles. The van der Waals surface area contributed by atoms with Crippen molar-refractivity contribution in [2.75, 3.05) is 19.7 Å². The summed E-state index contributed by atoms with van der Waals surface area (Å²) in [6.45, 7) is 2.91. The van der Waals surface area contributed by atoms with E-state index in [0.717, 1.165) is 11.1 Å². The van der Waals surface area contributed by atoms with Gasteiger partial charge in [-0.2, -0.15) is 13.2 Å². The monoisotopic (exact) mass is 366 g/mol. The van der Waals surface area contributed by atoms with Crippen LogP contribution in [0.3, 0.4) is 0 Å². The molecule has 1 amide bonds. The van der Waals surface area contributed by atoms with Crippen LogP contribution < -0.4 is 10.6 Å². The Balaban J connectivity index is 0.00000288. The number of hydrogen-bond acceptors (Lipinski definition) is 3. The molecule has 24 heavy (non-hydrogen) atoms. The molecule has 0 bridgehead atoms. The minimum Gasteiger partial charge on any atom is -0.377 e. The van der Waals surface area contributed by atoms with Gasteiger partial charge in [0.2, 0.25) is 5.91 Å². The van der Waals surface area contributed by atoms with Crippen molar-refractivity contribution in [2.45, 2.75) is 26.3 Å². The number of carbonyl (C=O) groups excluding carboxylic acids is 1. The van der Waals surface area contributed by atoms with Gasteiger partial charge in [0.1, 0.15) is 0 Å². The summed E-state index contributed by atoms with van der Waals surface area (Å²) in [6.07, 6.45) is -4.36. The molecule has 2 rings (SSSR count). The van der Waals surface area contributed by atoms with Crippen LogP contribution in [-0.4, -0.2) is 31.8 Å². The molecular weight excluding hydrogens is 345 g/mol. The summed E-state index contributed by atoms with van der Waals surface area (Å²) in [4.78, 5) is 12.1. The molecular formula is C16H22ClF3N2O2. The van der Waals surface area contributed by atoms with Gasteiger partial charge >= 0.3 is 6.18 Å². The van der Waals surface area contributed by atoms with E-state index in [1.165, 1.54) is 0 Å². The number of halogens is 4. The Morgan fingerprint density at radius 2 is 1.96 bits per heavy atom. The summed E-state index contributed by atoms with van der Waals surface area (Å²) in [7, 11) is 0. The summed E-state index contributed by atoms with van der Waals surface area (Å²) in [5, 5.41) is 5.27. The molecule has 0 unspecified atom stereocenters. The van der Waals surface area contributed by atoms with Gasteiger partial charge in [-0.05, 0) is 18.1 Å². The molecule has 1 saturated heterocycles. The second-order valence-electron chi connectivity index (χ2n) is 5.54. The van der Waals surface area contributed by atoms with Gasteiger partial charge in [0.25, 0.3) is 0 Å². The Labute approximate surface area is 145 Å². The quantitative estimate of drug-likeness (QED) is 0.813. The third kappa shape index (κ3) is 5.36. The first-order chi connectivity index (χ1) is 10.9. The topological polar surface area (TPSA) is 50.4 Å². The maximum absolute atomic E-state index is 12.9. The average molecular weight is 367 g/mol. The Kier molecular flexibility index (Phi) is 7.99. The molecule has 2 N–H and O–H groups in total. The molecule has 8 heteroatoms. The number of rotatable bonds is 6. The fourth-order valence-electron chi connectivity index (χ4n) is 2.69. The fraction of sp³-hybridized carbons (Fsp3) is 0.562. The van der Waals surface area contributed by atoms with Crippen molar-refractivity contribution in [2.24, 2.45) is 11.8 Å². The van der Waals surface area contributed by atoms with Crippen LogP contribution in [0.1, 0.15) is 18.1 Å². The zero-order valence-electron chi connectivity index (χ0n) is 13.4. The van der Waals surface area contributed by atoms with Crippen molar-refractivity contribution >= 4 is 18.3 Å². The largest absolute Gasteiger partial charge is 0.393 e. The normalized spacial score (nSPS) is 20.5. The SMILES string of the molecule is CCOCc1ccccc1CNC(=O)[C@@H]1CNC[C@H]1C(F)(F)F.Cl. The molecule has 0 spiro atoms. The van der Waals surface area contributed by atoms with Crippen LogP contribution in [-0.2, 0) is 22.7 Å². The van der Waals surface area contributed by atoms with Gasteiger partial charge in [0, 0.05) is 26.2 Å². The van der Waals surface area contributed by atoms with E-state index in [9.17, 15) is 18.0 Å². The second-order valence-corrected chi connectivity index (χ2v) is 5.54. The van der Waals surface area contributed by atoms with Crippen LogP contribution in [0, 0.1) is 11.8 Å². The van der Waals surface area contributed by atoms with Gasteiger partial charge in [0.05, 0.1) is 18.4 Å². The van der Waals surface area contributed by atoms with Crippen LogP contribution in [0.5, 0.6) is 0 Å². The van der Waals surface area contributed by atoms with Crippen molar-refractivity contribution in [1.82, 2.24) is 10.6 Å². The number of hydrogen-bond donors (Lipinski definition) is 2. The summed E-state index contributed by atoms with van der Waals surface area (Å²) in [5.74, 6) is -3.27.